The van der Waals surface area contributed by atoms with E-state index in [1.54, 1.807) is 0 Å². The zero-order valence-corrected chi connectivity index (χ0v) is 8.19. The maximum atomic E-state index is 11.2. The van der Waals surface area contributed by atoms with Crippen molar-refractivity contribution in [2.24, 2.45) is 5.11 Å². The zero-order valence-electron chi connectivity index (χ0n) is 8.19. The largest absolute Gasteiger partial charge is 0.462 e. The summed E-state index contributed by atoms with van der Waals surface area (Å²) in [6.07, 6.45) is 5.79. The highest BCUT2D eigenvalue weighted by Gasteiger charge is 2.16. The smallest absolute Gasteiger partial charge is 0.306 e. The number of carbonyl (C=O) groups is 1. The highest BCUT2D eigenvalue weighted by molar-refractivity contribution is 5.69. The first-order valence-corrected chi connectivity index (χ1v) is 5.03. The maximum absolute atomic E-state index is 11.2. The number of hydrogen-bond donors (Lipinski definition) is 0. The van der Waals surface area contributed by atoms with Gasteiger partial charge in [-0.3, -0.25) is 4.79 Å². The second kappa shape index (κ2) is 6.27. The fourth-order valence-electron chi connectivity index (χ4n) is 1.61. The third-order valence-electron chi connectivity index (χ3n) is 2.33. The van der Waals surface area contributed by atoms with Crippen LogP contribution in [0.2, 0.25) is 0 Å². The van der Waals surface area contributed by atoms with Crippen LogP contribution >= 0.6 is 0 Å². The van der Waals surface area contributed by atoms with Gasteiger partial charge in [0.25, 0.3) is 0 Å². The number of carbonyl (C=O) groups excluding carboxylic acids is 1. The summed E-state index contributed by atoms with van der Waals surface area (Å²) in [5.74, 6) is -0.246. The first kappa shape index (κ1) is 10.9. The van der Waals surface area contributed by atoms with Crippen LogP contribution in [-0.4, -0.2) is 18.6 Å². The van der Waals surface area contributed by atoms with E-state index in [2.05, 4.69) is 10.0 Å². The first-order chi connectivity index (χ1) is 6.83. The van der Waals surface area contributed by atoms with E-state index in [1.807, 2.05) is 0 Å². The maximum Gasteiger partial charge on any atom is 0.306 e. The lowest BCUT2D eigenvalue weighted by atomic mass is 9.98. The molecule has 0 amide bonds. The molecule has 5 heteroatoms. The van der Waals surface area contributed by atoms with Gasteiger partial charge in [0.05, 0.1) is 6.42 Å². The van der Waals surface area contributed by atoms with Crippen LogP contribution in [0.25, 0.3) is 10.4 Å². The predicted octanol–water partition coefficient (Wildman–Crippen LogP) is 2.56. The van der Waals surface area contributed by atoms with Crippen molar-refractivity contribution in [2.45, 2.75) is 44.6 Å². The van der Waals surface area contributed by atoms with Gasteiger partial charge < -0.3 is 4.74 Å². The van der Waals surface area contributed by atoms with Crippen LogP contribution in [-0.2, 0) is 9.53 Å². The number of esters is 1. The molecule has 1 aliphatic carbocycles. The summed E-state index contributed by atoms with van der Waals surface area (Å²) in [5.41, 5.74) is 8.01. The van der Waals surface area contributed by atoms with Crippen molar-refractivity contribution in [3.63, 3.8) is 0 Å². The summed E-state index contributed by atoms with van der Waals surface area (Å²) in [7, 11) is 0. The quantitative estimate of drug-likeness (QED) is 0.300. The lowest BCUT2D eigenvalue weighted by molar-refractivity contribution is -0.150. The van der Waals surface area contributed by atoms with Crippen LogP contribution in [0.1, 0.15) is 38.5 Å². The summed E-state index contributed by atoms with van der Waals surface area (Å²) in [6, 6.07) is 0. The molecule has 0 aromatic rings. The van der Waals surface area contributed by atoms with E-state index in [-0.39, 0.29) is 25.0 Å². The van der Waals surface area contributed by atoms with Gasteiger partial charge in [-0.25, -0.2) is 0 Å². The fourth-order valence-corrected chi connectivity index (χ4v) is 1.61. The van der Waals surface area contributed by atoms with E-state index in [0.717, 1.165) is 25.7 Å². The molecule has 14 heavy (non-hydrogen) atoms. The van der Waals surface area contributed by atoms with Crippen LogP contribution in [0.15, 0.2) is 5.11 Å². The van der Waals surface area contributed by atoms with Crippen LogP contribution in [0.5, 0.6) is 0 Å². The monoisotopic (exact) mass is 197 g/mol. The molecule has 0 N–H and O–H groups in total. The Morgan fingerprint density at radius 2 is 2.14 bits per heavy atom. The third kappa shape index (κ3) is 4.14. The van der Waals surface area contributed by atoms with Crippen LogP contribution in [0, 0.1) is 0 Å². The molecule has 0 bridgehead atoms. The van der Waals surface area contributed by atoms with Gasteiger partial charge >= 0.3 is 5.97 Å². The number of nitrogens with zero attached hydrogens (tertiary/aromatic N) is 3. The van der Waals surface area contributed by atoms with Crippen molar-refractivity contribution in [1.82, 2.24) is 0 Å². The van der Waals surface area contributed by atoms with Crippen molar-refractivity contribution in [3.8, 4) is 0 Å². The lowest BCUT2D eigenvalue weighted by Crippen LogP contribution is -2.21. The summed E-state index contributed by atoms with van der Waals surface area (Å²) in [4.78, 5) is 13.8. The minimum Gasteiger partial charge on any atom is -0.462 e. The van der Waals surface area contributed by atoms with E-state index < -0.39 is 0 Å². The molecule has 0 spiro atoms. The average Bonchev–Trinajstić information content (AvgIpc) is 2.20. The highest BCUT2D eigenvalue weighted by Crippen LogP contribution is 2.20. The van der Waals surface area contributed by atoms with Gasteiger partial charge in [0.15, 0.2) is 0 Å². The van der Waals surface area contributed by atoms with E-state index in [9.17, 15) is 4.79 Å². The SMILES string of the molecule is [N-]=[N+]=NCCC(=O)OC1CCCCC1. The van der Waals surface area contributed by atoms with Crippen molar-refractivity contribution in [2.75, 3.05) is 6.54 Å². The normalized spacial score (nSPS) is 17.1. The molecule has 78 valence electrons. The molecular formula is C9H15N3O2. The Balaban J connectivity index is 2.15. The van der Waals surface area contributed by atoms with Gasteiger partial charge in [-0.05, 0) is 31.2 Å². The molecular weight excluding hydrogens is 182 g/mol. The Hall–Kier alpha value is -1.22. The summed E-state index contributed by atoms with van der Waals surface area (Å²) >= 11 is 0. The van der Waals surface area contributed by atoms with Gasteiger partial charge in [-0.1, -0.05) is 11.5 Å². The summed E-state index contributed by atoms with van der Waals surface area (Å²) in [6.45, 7) is 0.196. The number of ether oxygens (including phenoxy) is 1. The van der Waals surface area contributed by atoms with Gasteiger partial charge in [0.2, 0.25) is 0 Å². The molecule has 1 saturated carbocycles. The standard InChI is InChI=1S/C9H15N3O2/c10-12-11-7-6-9(13)14-8-4-2-1-3-5-8/h8H,1-7H2. The molecule has 0 aliphatic heterocycles. The molecule has 0 saturated heterocycles. The Morgan fingerprint density at radius 3 is 2.79 bits per heavy atom. The van der Waals surface area contributed by atoms with Crippen LogP contribution in [0.4, 0.5) is 0 Å². The molecule has 0 aromatic heterocycles. The van der Waals surface area contributed by atoms with E-state index >= 15 is 0 Å². The van der Waals surface area contributed by atoms with E-state index in [4.69, 9.17) is 10.3 Å². The van der Waals surface area contributed by atoms with Gasteiger partial charge in [0, 0.05) is 11.5 Å². The second-order valence-electron chi connectivity index (χ2n) is 3.45. The molecule has 0 unspecified atom stereocenters. The topological polar surface area (TPSA) is 75.1 Å². The number of hydrogen-bond acceptors (Lipinski definition) is 3. The minimum atomic E-state index is -0.246. The third-order valence-corrected chi connectivity index (χ3v) is 2.33. The predicted molar refractivity (Wildman–Crippen MR) is 51.6 cm³/mol. The molecule has 1 aliphatic rings. The molecule has 0 aromatic carbocycles. The highest BCUT2D eigenvalue weighted by atomic mass is 16.5. The Bertz CT molecular complexity index is 230. The average molecular weight is 197 g/mol. The Morgan fingerprint density at radius 1 is 1.43 bits per heavy atom. The van der Waals surface area contributed by atoms with Gasteiger partial charge in [-0.15, -0.1) is 0 Å². The van der Waals surface area contributed by atoms with E-state index in [1.165, 1.54) is 6.42 Å². The zero-order chi connectivity index (χ0) is 10.2. The van der Waals surface area contributed by atoms with Crippen molar-refractivity contribution < 1.29 is 9.53 Å². The molecule has 0 radical (unpaired) electrons. The Labute approximate surface area is 83.1 Å². The van der Waals surface area contributed by atoms with Crippen molar-refractivity contribution in [1.29, 1.82) is 0 Å². The fraction of sp³-hybridized carbons (Fsp3) is 0.889. The molecule has 0 heterocycles. The van der Waals surface area contributed by atoms with Crippen molar-refractivity contribution >= 4 is 5.97 Å². The van der Waals surface area contributed by atoms with Gasteiger partial charge in [-0.2, -0.15) is 0 Å². The second-order valence-corrected chi connectivity index (χ2v) is 3.45. The number of rotatable bonds is 4. The van der Waals surface area contributed by atoms with Crippen molar-refractivity contribution in [3.05, 3.63) is 10.4 Å². The van der Waals surface area contributed by atoms with Gasteiger partial charge in [0.1, 0.15) is 6.10 Å². The van der Waals surface area contributed by atoms with E-state index in [0.29, 0.717) is 0 Å². The molecule has 1 fully saturated rings. The Kier molecular flexibility index (Phi) is 4.86. The van der Waals surface area contributed by atoms with Crippen LogP contribution in [0.3, 0.4) is 0 Å². The van der Waals surface area contributed by atoms with Crippen LogP contribution < -0.4 is 0 Å². The first-order valence-electron chi connectivity index (χ1n) is 5.03. The molecule has 0 atom stereocenters. The summed E-state index contributed by atoms with van der Waals surface area (Å²) in [5, 5.41) is 3.28. The number of azide groups is 1. The molecule has 1 rings (SSSR count). The molecule has 5 nitrogen and oxygen atoms in total. The summed E-state index contributed by atoms with van der Waals surface area (Å²) < 4.78 is 5.22. The minimum absolute atomic E-state index is 0.0994. The lowest BCUT2D eigenvalue weighted by Gasteiger charge is -2.21.